The van der Waals surface area contributed by atoms with Crippen molar-refractivity contribution in [1.29, 1.82) is 0 Å². The minimum atomic E-state index is 0.985. The van der Waals surface area contributed by atoms with Gasteiger partial charge >= 0.3 is 0 Å². The fraction of sp³-hybridized carbons (Fsp3) is 0.350. The first-order chi connectivity index (χ1) is 11.7. The molecule has 1 aliphatic rings. The fourth-order valence-electron chi connectivity index (χ4n) is 2.86. The van der Waals surface area contributed by atoms with Crippen LogP contribution in [0.5, 0.6) is 0 Å². The first-order valence-electron chi connectivity index (χ1n) is 8.53. The SMILES string of the molecule is CN(C)c1ccc(/C=N/N2CCN(Cc3ccccc3)CC2)cc1. The molecule has 1 heterocycles. The minimum Gasteiger partial charge on any atom is -0.378 e. The monoisotopic (exact) mass is 322 g/mol. The number of rotatable bonds is 5. The van der Waals surface area contributed by atoms with E-state index in [-0.39, 0.29) is 0 Å². The van der Waals surface area contributed by atoms with Crippen molar-refractivity contribution in [3.63, 3.8) is 0 Å². The highest BCUT2D eigenvalue weighted by Gasteiger charge is 2.15. The summed E-state index contributed by atoms with van der Waals surface area (Å²) in [6, 6.07) is 19.2. The molecule has 4 nitrogen and oxygen atoms in total. The molecule has 4 heteroatoms. The maximum Gasteiger partial charge on any atom is 0.0542 e. The Balaban J connectivity index is 1.48. The molecule has 1 aliphatic heterocycles. The lowest BCUT2D eigenvalue weighted by atomic mass is 10.2. The van der Waals surface area contributed by atoms with Gasteiger partial charge in [0.25, 0.3) is 0 Å². The normalized spacial score (nSPS) is 15.8. The van der Waals surface area contributed by atoms with Crippen LogP contribution < -0.4 is 4.90 Å². The van der Waals surface area contributed by atoms with Crippen molar-refractivity contribution < 1.29 is 0 Å². The number of anilines is 1. The summed E-state index contributed by atoms with van der Waals surface area (Å²) >= 11 is 0. The Bertz CT molecular complexity index is 641. The Hall–Kier alpha value is -2.33. The van der Waals surface area contributed by atoms with Gasteiger partial charge in [0.15, 0.2) is 0 Å². The highest BCUT2D eigenvalue weighted by Crippen LogP contribution is 2.12. The molecule has 1 fully saturated rings. The Kier molecular flexibility index (Phi) is 5.49. The molecule has 0 amide bonds. The van der Waals surface area contributed by atoms with Gasteiger partial charge in [-0.3, -0.25) is 9.91 Å². The molecule has 0 radical (unpaired) electrons. The quantitative estimate of drug-likeness (QED) is 0.790. The van der Waals surface area contributed by atoms with Gasteiger partial charge in [0.1, 0.15) is 0 Å². The van der Waals surface area contributed by atoms with E-state index in [4.69, 9.17) is 0 Å². The molecule has 0 atom stereocenters. The summed E-state index contributed by atoms with van der Waals surface area (Å²) in [5.41, 5.74) is 3.74. The van der Waals surface area contributed by atoms with Crippen molar-refractivity contribution in [2.24, 2.45) is 5.10 Å². The fourth-order valence-corrected chi connectivity index (χ4v) is 2.86. The van der Waals surface area contributed by atoms with E-state index in [1.807, 2.05) is 6.21 Å². The van der Waals surface area contributed by atoms with E-state index in [1.165, 1.54) is 11.3 Å². The van der Waals surface area contributed by atoms with Crippen LogP contribution >= 0.6 is 0 Å². The van der Waals surface area contributed by atoms with Gasteiger partial charge in [-0.1, -0.05) is 42.5 Å². The van der Waals surface area contributed by atoms with Crippen LogP contribution in [0.1, 0.15) is 11.1 Å². The van der Waals surface area contributed by atoms with Crippen LogP contribution in [0.3, 0.4) is 0 Å². The summed E-state index contributed by atoms with van der Waals surface area (Å²) in [4.78, 5) is 4.60. The molecule has 0 unspecified atom stereocenters. The molecule has 0 bridgehead atoms. The predicted molar refractivity (Wildman–Crippen MR) is 102 cm³/mol. The predicted octanol–water partition coefficient (Wildman–Crippen LogP) is 2.90. The molecule has 0 spiro atoms. The van der Waals surface area contributed by atoms with Crippen molar-refractivity contribution in [3.05, 3.63) is 65.7 Å². The summed E-state index contributed by atoms with van der Waals surface area (Å²) in [6.45, 7) is 5.13. The number of hydrazone groups is 1. The topological polar surface area (TPSA) is 22.1 Å². The summed E-state index contributed by atoms with van der Waals surface area (Å²) in [6.07, 6.45) is 1.96. The summed E-state index contributed by atoms with van der Waals surface area (Å²) in [5, 5.41) is 6.81. The number of nitrogens with zero attached hydrogens (tertiary/aromatic N) is 4. The number of hydrogen-bond acceptors (Lipinski definition) is 4. The zero-order valence-electron chi connectivity index (χ0n) is 14.6. The van der Waals surface area contributed by atoms with Gasteiger partial charge in [-0.2, -0.15) is 5.10 Å². The molecule has 126 valence electrons. The van der Waals surface area contributed by atoms with Gasteiger partial charge in [0, 0.05) is 52.5 Å². The molecule has 0 saturated carbocycles. The molecule has 0 aliphatic carbocycles. The minimum absolute atomic E-state index is 0.985. The van der Waals surface area contributed by atoms with Crippen molar-refractivity contribution >= 4 is 11.9 Å². The molecule has 2 aromatic rings. The molecule has 2 aromatic carbocycles. The number of benzene rings is 2. The standard InChI is InChI=1S/C20H26N4/c1-22(2)20-10-8-18(9-11-20)16-21-24-14-12-23(13-15-24)17-19-6-4-3-5-7-19/h3-11,16H,12-15,17H2,1-2H3/b21-16+. The van der Waals surface area contributed by atoms with Crippen molar-refractivity contribution in [3.8, 4) is 0 Å². The van der Waals surface area contributed by atoms with Crippen LogP contribution in [-0.4, -0.2) is 56.4 Å². The summed E-state index contributed by atoms with van der Waals surface area (Å²) in [7, 11) is 4.11. The molecule has 0 N–H and O–H groups in total. The third-order valence-corrected chi connectivity index (χ3v) is 4.38. The average molecular weight is 322 g/mol. The van der Waals surface area contributed by atoms with Crippen molar-refractivity contribution in [2.45, 2.75) is 6.54 Å². The van der Waals surface area contributed by atoms with Gasteiger partial charge < -0.3 is 4.90 Å². The molecular weight excluding hydrogens is 296 g/mol. The second kappa shape index (κ2) is 7.97. The van der Waals surface area contributed by atoms with E-state index in [9.17, 15) is 0 Å². The van der Waals surface area contributed by atoms with E-state index < -0.39 is 0 Å². The zero-order valence-corrected chi connectivity index (χ0v) is 14.6. The van der Waals surface area contributed by atoms with E-state index in [2.05, 4.69) is 88.6 Å². The second-order valence-corrected chi connectivity index (χ2v) is 6.45. The largest absolute Gasteiger partial charge is 0.378 e. The van der Waals surface area contributed by atoms with Gasteiger partial charge in [0.05, 0.1) is 6.21 Å². The number of piperazine rings is 1. The van der Waals surface area contributed by atoms with Crippen LogP contribution in [0.4, 0.5) is 5.69 Å². The van der Waals surface area contributed by atoms with Crippen LogP contribution in [0.25, 0.3) is 0 Å². The smallest absolute Gasteiger partial charge is 0.0542 e. The highest BCUT2D eigenvalue weighted by atomic mass is 15.5. The van der Waals surface area contributed by atoms with Gasteiger partial charge in [-0.05, 0) is 23.3 Å². The maximum atomic E-state index is 4.64. The van der Waals surface area contributed by atoms with E-state index in [0.717, 1.165) is 38.3 Å². The summed E-state index contributed by atoms with van der Waals surface area (Å²) < 4.78 is 0. The first-order valence-corrected chi connectivity index (χ1v) is 8.53. The lowest BCUT2D eigenvalue weighted by Gasteiger charge is -2.33. The lowest BCUT2D eigenvalue weighted by molar-refractivity contribution is 0.131. The Labute approximate surface area is 145 Å². The molecule has 1 saturated heterocycles. The van der Waals surface area contributed by atoms with Crippen LogP contribution in [-0.2, 0) is 6.54 Å². The van der Waals surface area contributed by atoms with Crippen LogP contribution in [0, 0.1) is 0 Å². The molecular formula is C20H26N4. The van der Waals surface area contributed by atoms with E-state index in [1.54, 1.807) is 0 Å². The third kappa shape index (κ3) is 4.59. The van der Waals surface area contributed by atoms with Crippen LogP contribution in [0.15, 0.2) is 59.7 Å². The Morgan fingerprint density at radius 3 is 2.21 bits per heavy atom. The first kappa shape index (κ1) is 16.5. The molecule has 24 heavy (non-hydrogen) atoms. The molecule has 3 rings (SSSR count). The van der Waals surface area contributed by atoms with Gasteiger partial charge in [-0.25, -0.2) is 0 Å². The highest BCUT2D eigenvalue weighted by molar-refractivity contribution is 5.80. The Morgan fingerprint density at radius 1 is 0.917 bits per heavy atom. The van der Waals surface area contributed by atoms with Gasteiger partial charge in [0.2, 0.25) is 0 Å². The zero-order chi connectivity index (χ0) is 16.8. The van der Waals surface area contributed by atoms with Crippen molar-refractivity contribution in [1.82, 2.24) is 9.91 Å². The van der Waals surface area contributed by atoms with E-state index >= 15 is 0 Å². The maximum absolute atomic E-state index is 4.64. The molecule has 0 aromatic heterocycles. The summed E-state index contributed by atoms with van der Waals surface area (Å²) in [5.74, 6) is 0. The van der Waals surface area contributed by atoms with E-state index in [0.29, 0.717) is 0 Å². The average Bonchev–Trinajstić information content (AvgIpc) is 2.62. The lowest BCUT2D eigenvalue weighted by Crippen LogP contribution is -2.43. The van der Waals surface area contributed by atoms with Crippen LogP contribution in [0.2, 0.25) is 0 Å². The Morgan fingerprint density at radius 2 is 1.58 bits per heavy atom. The number of hydrogen-bond donors (Lipinski definition) is 0. The third-order valence-electron chi connectivity index (χ3n) is 4.38. The van der Waals surface area contributed by atoms with Gasteiger partial charge in [-0.15, -0.1) is 0 Å². The second-order valence-electron chi connectivity index (χ2n) is 6.45. The van der Waals surface area contributed by atoms with Crippen molar-refractivity contribution in [2.75, 3.05) is 45.2 Å².